The monoisotopic (exact) mass is 441 g/mol. The minimum atomic E-state index is 0.198. The van der Waals surface area contributed by atoms with Crippen molar-refractivity contribution in [2.24, 2.45) is 0 Å². The third-order valence-electron chi connectivity index (χ3n) is 5.66. The summed E-state index contributed by atoms with van der Waals surface area (Å²) >= 11 is 0. The fraction of sp³-hybridized carbons (Fsp3) is 0.143. The summed E-state index contributed by atoms with van der Waals surface area (Å²) in [5.74, 6) is 1.86. The van der Waals surface area contributed by atoms with Gasteiger partial charge in [-0.05, 0) is 117 Å². The molecule has 4 rings (SSSR count). The molecular formula is C28H27NO4. The van der Waals surface area contributed by atoms with Crippen LogP contribution in [0.1, 0.15) is 22.3 Å². The Morgan fingerprint density at radius 3 is 1.64 bits per heavy atom. The summed E-state index contributed by atoms with van der Waals surface area (Å²) in [5, 5.41) is 29.8. The normalized spacial score (nSPS) is 10.8. The average molecular weight is 442 g/mol. The number of phenols is 3. The number of aromatic hydroxyl groups is 3. The van der Waals surface area contributed by atoms with Gasteiger partial charge in [0, 0.05) is 23.1 Å². The highest BCUT2D eigenvalue weighted by atomic mass is 16.5. The molecule has 0 unspecified atom stereocenters. The van der Waals surface area contributed by atoms with Crippen LogP contribution in [0.4, 0.5) is 17.1 Å². The first-order chi connectivity index (χ1) is 15.7. The minimum absolute atomic E-state index is 0.198. The van der Waals surface area contributed by atoms with Crippen LogP contribution in [-0.2, 0) is 0 Å². The van der Waals surface area contributed by atoms with E-state index in [4.69, 9.17) is 4.74 Å². The van der Waals surface area contributed by atoms with Gasteiger partial charge in [-0.15, -0.1) is 0 Å². The van der Waals surface area contributed by atoms with E-state index >= 15 is 0 Å². The summed E-state index contributed by atoms with van der Waals surface area (Å²) in [5.41, 5.74) is 6.29. The first-order valence-electron chi connectivity index (χ1n) is 10.7. The molecule has 0 aliphatic rings. The van der Waals surface area contributed by atoms with E-state index < -0.39 is 0 Å². The molecule has 0 atom stereocenters. The molecule has 0 aromatic heterocycles. The largest absolute Gasteiger partial charge is 0.508 e. The molecule has 0 heterocycles. The molecule has 4 aromatic carbocycles. The lowest BCUT2D eigenvalue weighted by Gasteiger charge is -2.28. The maximum Gasteiger partial charge on any atom is 0.134 e. The van der Waals surface area contributed by atoms with Crippen molar-refractivity contribution in [1.29, 1.82) is 0 Å². The van der Waals surface area contributed by atoms with Crippen molar-refractivity contribution < 1.29 is 20.1 Å². The van der Waals surface area contributed by atoms with Crippen molar-refractivity contribution in [1.82, 2.24) is 0 Å². The van der Waals surface area contributed by atoms with Crippen LogP contribution in [0.25, 0.3) is 0 Å². The number of phenolic OH excluding ortho intramolecular Hbond substituents is 3. The van der Waals surface area contributed by atoms with Crippen molar-refractivity contribution in [3.05, 3.63) is 95.1 Å². The number of aryl methyl sites for hydroxylation is 4. The second-order valence-electron chi connectivity index (χ2n) is 8.28. The Hall–Kier alpha value is -4.12. The second-order valence-corrected chi connectivity index (χ2v) is 8.28. The molecule has 168 valence electrons. The van der Waals surface area contributed by atoms with Crippen LogP contribution in [0.2, 0.25) is 0 Å². The van der Waals surface area contributed by atoms with E-state index in [1.807, 2.05) is 70.2 Å². The summed E-state index contributed by atoms with van der Waals surface area (Å²) in [4.78, 5) is 2.08. The second kappa shape index (κ2) is 8.79. The van der Waals surface area contributed by atoms with Crippen LogP contribution in [0, 0.1) is 27.7 Å². The van der Waals surface area contributed by atoms with Crippen molar-refractivity contribution in [3.8, 4) is 28.7 Å². The predicted octanol–water partition coefficient (Wildman–Crippen LogP) is 7.30. The van der Waals surface area contributed by atoms with Gasteiger partial charge in [-0.25, -0.2) is 0 Å². The maximum absolute atomic E-state index is 10.0. The van der Waals surface area contributed by atoms with Gasteiger partial charge >= 0.3 is 0 Å². The highest BCUT2D eigenvalue weighted by Gasteiger charge is 2.17. The maximum atomic E-state index is 10.0. The van der Waals surface area contributed by atoms with Crippen LogP contribution in [0.3, 0.4) is 0 Å². The molecule has 0 radical (unpaired) electrons. The van der Waals surface area contributed by atoms with E-state index in [9.17, 15) is 15.3 Å². The van der Waals surface area contributed by atoms with Gasteiger partial charge in [0.05, 0.1) is 0 Å². The number of anilines is 3. The van der Waals surface area contributed by atoms with Crippen LogP contribution in [0.15, 0.2) is 72.8 Å². The molecule has 0 amide bonds. The molecule has 0 saturated carbocycles. The lowest BCUT2D eigenvalue weighted by Crippen LogP contribution is -2.12. The van der Waals surface area contributed by atoms with Gasteiger partial charge in [-0.2, -0.15) is 0 Å². The summed E-state index contributed by atoms with van der Waals surface area (Å²) in [7, 11) is 0. The predicted molar refractivity (Wildman–Crippen MR) is 132 cm³/mol. The van der Waals surface area contributed by atoms with Gasteiger partial charge in [-0.3, -0.25) is 0 Å². The topological polar surface area (TPSA) is 73.2 Å². The van der Waals surface area contributed by atoms with E-state index in [2.05, 4.69) is 4.90 Å². The third-order valence-corrected chi connectivity index (χ3v) is 5.66. The SMILES string of the molecule is Cc1cc(C)c(Oc2ccc(N(c3ccc(O)cc3C)c3ccc(O)cc3C)cc2)cc1O. The molecule has 4 aromatic rings. The number of benzene rings is 4. The molecular weight excluding hydrogens is 414 g/mol. The van der Waals surface area contributed by atoms with Gasteiger partial charge < -0.3 is 25.0 Å². The van der Waals surface area contributed by atoms with Crippen LogP contribution >= 0.6 is 0 Å². The molecule has 3 N–H and O–H groups in total. The molecule has 0 aliphatic heterocycles. The van der Waals surface area contributed by atoms with Crippen molar-refractivity contribution in [2.45, 2.75) is 27.7 Å². The molecule has 0 fully saturated rings. The highest BCUT2D eigenvalue weighted by Crippen LogP contribution is 2.41. The van der Waals surface area contributed by atoms with E-state index in [0.717, 1.165) is 39.3 Å². The first kappa shape index (κ1) is 22.1. The molecule has 0 saturated heterocycles. The lowest BCUT2D eigenvalue weighted by molar-refractivity contribution is 0.450. The minimum Gasteiger partial charge on any atom is -0.508 e. The Morgan fingerprint density at radius 1 is 0.576 bits per heavy atom. The van der Waals surface area contributed by atoms with Gasteiger partial charge in [0.25, 0.3) is 0 Å². The molecule has 33 heavy (non-hydrogen) atoms. The molecule has 5 heteroatoms. The Bertz CT molecular complexity index is 1260. The summed E-state index contributed by atoms with van der Waals surface area (Å²) in [6.45, 7) is 7.69. The number of hydrogen-bond donors (Lipinski definition) is 3. The van der Waals surface area contributed by atoms with Crippen molar-refractivity contribution in [2.75, 3.05) is 4.90 Å². The van der Waals surface area contributed by atoms with Gasteiger partial charge in [0.1, 0.15) is 28.7 Å². The summed E-state index contributed by atoms with van der Waals surface area (Å²) in [6, 6.07) is 21.7. The molecule has 0 aliphatic carbocycles. The zero-order valence-corrected chi connectivity index (χ0v) is 19.1. The van der Waals surface area contributed by atoms with E-state index in [0.29, 0.717) is 11.5 Å². The van der Waals surface area contributed by atoms with E-state index in [1.165, 1.54) is 0 Å². The standard InChI is InChI=1S/C28H27NO4/c1-17-14-22(30)7-11-25(17)29(26-12-8-23(31)15-18(26)2)21-5-9-24(10-6-21)33-28-16-27(32)19(3)13-20(28)4/h5-16,30-32H,1-4H3. The Labute approximate surface area is 193 Å². The zero-order chi connectivity index (χ0) is 23.7. The zero-order valence-electron chi connectivity index (χ0n) is 19.1. The number of rotatable bonds is 5. The van der Waals surface area contributed by atoms with E-state index in [1.54, 1.807) is 30.3 Å². The van der Waals surface area contributed by atoms with Gasteiger partial charge in [0.15, 0.2) is 0 Å². The van der Waals surface area contributed by atoms with Gasteiger partial charge in [0.2, 0.25) is 0 Å². The summed E-state index contributed by atoms with van der Waals surface area (Å²) < 4.78 is 6.03. The van der Waals surface area contributed by atoms with Crippen molar-refractivity contribution >= 4 is 17.1 Å². The summed E-state index contributed by atoms with van der Waals surface area (Å²) in [6.07, 6.45) is 0. The van der Waals surface area contributed by atoms with Crippen molar-refractivity contribution in [3.63, 3.8) is 0 Å². The quantitative estimate of drug-likeness (QED) is 0.303. The first-order valence-corrected chi connectivity index (χ1v) is 10.7. The lowest BCUT2D eigenvalue weighted by atomic mass is 10.1. The fourth-order valence-corrected chi connectivity index (χ4v) is 3.91. The number of hydrogen-bond acceptors (Lipinski definition) is 5. The van der Waals surface area contributed by atoms with Crippen LogP contribution in [0.5, 0.6) is 28.7 Å². The Kier molecular flexibility index (Phi) is 5.88. The molecule has 0 spiro atoms. The Balaban J connectivity index is 1.74. The fourth-order valence-electron chi connectivity index (χ4n) is 3.91. The smallest absolute Gasteiger partial charge is 0.134 e. The van der Waals surface area contributed by atoms with E-state index in [-0.39, 0.29) is 17.2 Å². The highest BCUT2D eigenvalue weighted by molar-refractivity contribution is 5.80. The number of nitrogens with zero attached hydrogens (tertiary/aromatic N) is 1. The van der Waals surface area contributed by atoms with Gasteiger partial charge in [-0.1, -0.05) is 0 Å². The molecule has 5 nitrogen and oxygen atoms in total. The van der Waals surface area contributed by atoms with Crippen LogP contribution in [-0.4, -0.2) is 15.3 Å². The molecule has 0 bridgehead atoms. The van der Waals surface area contributed by atoms with Crippen LogP contribution < -0.4 is 9.64 Å². The average Bonchev–Trinajstić information content (AvgIpc) is 2.76. The third kappa shape index (κ3) is 4.58. The number of ether oxygens (including phenoxy) is 1. The Morgan fingerprint density at radius 2 is 1.12 bits per heavy atom.